The lowest BCUT2D eigenvalue weighted by Crippen LogP contribution is -2.48. The number of amides is 3. The summed E-state index contributed by atoms with van der Waals surface area (Å²) in [5, 5.41) is 25.2. The van der Waals surface area contributed by atoms with Crippen molar-refractivity contribution in [3.05, 3.63) is 0 Å². The maximum atomic E-state index is 11.2. The zero-order valence-corrected chi connectivity index (χ0v) is 10.1. The van der Waals surface area contributed by atoms with Crippen molar-refractivity contribution in [1.82, 2.24) is 10.6 Å². The molecule has 3 amide bonds. The number of hydrogen-bond donors (Lipinski definition) is 3. The van der Waals surface area contributed by atoms with Crippen molar-refractivity contribution in [2.45, 2.75) is 31.7 Å². The van der Waals surface area contributed by atoms with Crippen LogP contribution in [0.1, 0.15) is 25.7 Å². The monoisotopic (exact) mass is 273 g/mol. The number of hydrogen-bond acceptors (Lipinski definition) is 6. The smallest absolute Gasteiger partial charge is 0.312 e. The molecule has 0 unspecified atom stereocenters. The molecular weight excluding hydrogens is 258 g/mol. The van der Waals surface area contributed by atoms with Gasteiger partial charge in [-0.05, 0) is 19.3 Å². The number of carboxylic acids is 2. The number of rotatable bonds is 9. The van der Waals surface area contributed by atoms with Crippen molar-refractivity contribution >= 4 is 23.9 Å². The summed E-state index contributed by atoms with van der Waals surface area (Å²) in [5.74, 6) is -3.60. The van der Waals surface area contributed by atoms with Crippen LogP contribution in [0, 0.1) is 0 Å². The van der Waals surface area contributed by atoms with Crippen molar-refractivity contribution in [3.63, 3.8) is 0 Å². The van der Waals surface area contributed by atoms with Crippen molar-refractivity contribution in [3.8, 4) is 0 Å². The van der Waals surface area contributed by atoms with Crippen LogP contribution < -0.4 is 26.6 Å². The van der Waals surface area contributed by atoms with E-state index in [0.717, 1.165) is 0 Å². The van der Waals surface area contributed by atoms with Crippen LogP contribution in [0.4, 0.5) is 4.79 Å². The van der Waals surface area contributed by atoms with Crippen LogP contribution in [0.5, 0.6) is 0 Å². The van der Waals surface area contributed by atoms with E-state index in [2.05, 4.69) is 10.6 Å². The molecule has 0 aliphatic carbocycles. The largest absolute Gasteiger partial charge is 0.550 e. The molecule has 0 saturated heterocycles. The molecule has 0 saturated carbocycles. The van der Waals surface area contributed by atoms with Gasteiger partial charge in [-0.3, -0.25) is 4.79 Å². The highest BCUT2D eigenvalue weighted by atomic mass is 16.4. The first-order valence-corrected chi connectivity index (χ1v) is 5.56. The molecule has 0 aromatic carbocycles. The Bertz CT molecular complexity index is 357. The number of aliphatic carboxylic acids is 2. The summed E-state index contributed by atoms with van der Waals surface area (Å²) in [6.07, 6.45) is -0.567. The molecule has 0 fully saturated rings. The van der Waals surface area contributed by atoms with E-state index in [1.165, 1.54) is 0 Å². The highest BCUT2D eigenvalue weighted by Gasteiger charge is 2.13. The Morgan fingerprint density at radius 1 is 1.11 bits per heavy atom. The fourth-order valence-corrected chi connectivity index (χ4v) is 1.25. The summed E-state index contributed by atoms with van der Waals surface area (Å²) in [6, 6.07) is -1.98. The number of nitrogens with one attached hydrogen (secondary N) is 2. The lowest BCUT2D eigenvalue weighted by Gasteiger charge is -2.19. The molecule has 0 radical (unpaired) electrons. The topological polar surface area (TPSA) is 164 Å². The average Bonchev–Trinajstić information content (AvgIpc) is 2.29. The van der Waals surface area contributed by atoms with Gasteiger partial charge in [0.2, 0.25) is 5.91 Å². The molecule has 0 aliphatic heterocycles. The van der Waals surface area contributed by atoms with Crippen molar-refractivity contribution in [2.24, 2.45) is 5.73 Å². The van der Waals surface area contributed by atoms with Crippen molar-refractivity contribution in [2.75, 3.05) is 6.54 Å². The van der Waals surface area contributed by atoms with E-state index in [9.17, 15) is 29.4 Å². The van der Waals surface area contributed by atoms with E-state index < -0.39 is 36.3 Å². The summed E-state index contributed by atoms with van der Waals surface area (Å²) in [4.78, 5) is 42.4. The van der Waals surface area contributed by atoms with Crippen molar-refractivity contribution < 1.29 is 29.4 Å². The lowest BCUT2D eigenvalue weighted by molar-refractivity contribution is -0.308. The zero-order valence-electron chi connectivity index (χ0n) is 10.1. The van der Waals surface area contributed by atoms with E-state index >= 15 is 0 Å². The first-order chi connectivity index (χ1) is 8.82. The Balaban J connectivity index is 4.04. The molecule has 0 rings (SSSR count). The predicted molar refractivity (Wildman–Crippen MR) is 58.0 cm³/mol. The standard InChI is InChI=1S/C10H17N3O6/c11-10(19)12-5-1-2-6(9(17)18)13-7(14)3-4-8(15)16/h6H,1-5H2,(H,13,14)(H,15,16)(H,17,18)(H3,11,12,19)/p-2/t6-/m0/s1. The fourth-order valence-electron chi connectivity index (χ4n) is 1.25. The average molecular weight is 273 g/mol. The number of urea groups is 1. The van der Waals surface area contributed by atoms with Crippen LogP contribution in [0.3, 0.4) is 0 Å². The number of carbonyl (C=O) groups is 4. The van der Waals surface area contributed by atoms with Gasteiger partial charge in [-0.25, -0.2) is 4.79 Å². The Morgan fingerprint density at radius 3 is 2.21 bits per heavy atom. The van der Waals surface area contributed by atoms with Crippen LogP contribution in [0.25, 0.3) is 0 Å². The molecule has 9 nitrogen and oxygen atoms in total. The molecule has 108 valence electrons. The summed E-state index contributed by atoms with van der Waals surface area (Å²) in [5.41, 5.74) is 4.81. The summed E-state index contributed by atoms with van der Waals surface area (Å²) >= 11 is 0. The fraction of sp³-hybridized carbons (Fsp3) is 0.600. The third kappa shape index (κ3) is 9.39. The molecule has 0 aliphatic rings. The van der Waals surface area contributed by atoms with E-state index in [1.54, 1.807) is 0 Å². The van der Waals surface area contributed by atoms with Gasteiger partial charge >= 0.3 is 6.03 Å². The van der Waals surface area contributed by atoms with Crippen LogP contribution in [0.15, 0.2) is 0 Å². The number of carbonyl (C=O) groups excluding carboxylic acids is 4. The van der Waals surface area contributed by atoms with E-state index in [1.807, 2.05) is 0 Å². The molecule has 0 aromatic heterocycles. The predicted octanol–water partition coefficient (Wildman–Crippen LogP) is -3.80. The molecule has 0 spiro atoms. The van der Waals surface area contributed by atoms with Gasteiger partial charge in [0.15, 0.2) is 0 Å². The van der Waals surface area contributed by atoms with Gasteiger partial charge in [-0.15, -0.1) is 0 Å². The van der Waals surface area contributed by atoms with Gasteiger partial charge in [0.05, 0.1) is 12.0 Å². The second-order valence-corrected chi connectivity index (χ2v) is 3.74. The molecular formula is C10H15N3O6-2. The first kappa shape index (κ1) is 16.7. The minimum Gasteiger partial charge on any atom is -0.550 e. The van der Waals surface area contributed by atoms with Crippen LogP contribution in [-0.4, -0.2) is 36.5 Å². The molecule has 1 atom stereocenters. The Kier molecular flexibility index (Phi) is 7.66. The maximum absolute atomic E-state index is 11.2. The Morgan fingerprint density at radius 2 is 1.74 bits per heavy atom. The normalized spacial score (nSPS) is 11.4. The summed E-state index contributed by atoms with van der Waals surface area (Å²) in [6.45, 7) is 0.161. The van der Waals surface area contributed by atoms with E-state index in [0.29, 0.717) is 0 Å². The van der Waals surface area contributed by atoms with Crippen LogP contribution >= 0.6 is 0 Å². The maximum Gasteiger partial charge on any atom is 0.312 e. The molecule has 0 bridgehead atoms. The summed E-state index contributed by atoms with van der Waals surface area (Å²) < 4.78 is 0. The minimum atomic E-state index is -1.49. The van der Waals surface area contributed by atoms with Gasteiger partial charge in [-0.1, -0.05) is 0 Å². The summed E-state index contributed by atoms with van der Waals surface area (Å²) in [7, 11) is 0. The third-order valence-electron chi connectivity index (χ3n) is 2.14. The quantitative estimate of drug-likeness (QED) is 0.364. The molecule has 0 aromatic rings. The van der Waals surface area contributed by atoms with Gasteiger partial charge in [0.1, 0.15) is 0 Å². The Labute approximate surface area is 109 Å². The second-order valence-electron chi connectivity index (χ2n) is 3.74. The first-order valence-electron chi connectivity index (χ1n) is 5.56. The number of nitrogens with two attached hydrogens (primary N) is 1. The lowest BCUT2D eigenvalue weighted by atomic mass is 10.1. The zero-order chi connectivity index (χ0) is 14.8. The third-order valence-corrected chi connectivity index (χ3v) is 2.14. The SMILES string of the molecule is NC(=O)NCCC[C@H](NC(=O)CCC(=O)[O-])C(=O)[O-]. The van der Waals surface area contributed by atoms with E-state index in [4.69, 9.17) is 5.73 Å². The van der Waals surface area contributed by atoms with Crippen LogP contribution in [0.2, 0.25) is 0 Å². The van der Waals surface area contributed by atoms with Crippen LogP contribution in [-0.2, 0) is 14.4 Å². The highest BCUT2D eigenvalue weighted by Crippen LogP contribution is 1.97. The number of primary amides is 1. The second kappa shape index (κ2) is 8.72. The van der Waals surface area contributed by atoms with Gasteiger partial charge in [0, 0.05) is 18.9 Å². The highest BCUT2D eigenvalue weighted by molar-refractivity contribution is 5.84. The van der Waals surface area contributed by atoms with Gasteiger partial charge in [0.25, 0.3) is 0 Å². The molecule has 9 heteroatoms. The van der Waals surface area contributed by atoms with E-state index in [-0.39, 0.29) is 25.8 Å². The number of carboxylic acid groups (broad SMARTS) is 2. The molecule has 19 heavy (non-hydrogen) atoms. The molecule has 0 heterocycles. The van der Waals surface area contributed by atoms with Crippen molar-refractivity contribution in [1.29, 1.82) is 0 Å². The Hall–Kier alpha value is -2.32. The minimum absolute atomic E-state index is 0.0275. The van der Waals surface area contributed by atoms with Gasteiger partial charge < -0.3 is 36.2 Å². The molecule has 4 N–H and O–H groups in total. The van der Waals surface area contributed by atoms with Gasteiger partial charge in [-0.2, -0.15) is 0 Å².